The van der Waals surface area contributed by atoms with E-state index in [0.29, 0.717) is 11.3 Å². The Labute approximate surface area is 112 Å². The van der Waals surface area contributed by atoms with Gasteiger partial charge in [-0.05, 0) is 36.8 Å². The van der Waals surface area contributed by atoms with Gasteiger partial charge in [0.1, 0.15) is 11.5 Å². The third-order valence-corrected chi connectivity index (χ3v) is 2.71. The molecule has 0 amide bonds. The number of hydrogen-bond donors (Lipinski definition) is 2. The van der Waals surface area contributed by atoms with Crippen molar-refractivity contribution < 1.29 is 9.84 Å². The van der Waals surface area contributed by atoms with E-state index >= 15 is 0 Å². The van der Waals surface area contributed by atoms with Crippen molar-refractivity contribution in [2.24, 2.45) is 5.10 Å². The van der Waals surface area contributed by atoms with Crippen molar-refractivity contribution in [2.75, 3.05) is 12.5 Å². The zero-order valence-corrected chi connectivity index (χ0v) is 10.9. The van der Waals surface area contributed by atoms with Crippen molar-refractivity contribution in [1.29, 1.82) is 0 Å². The number of benzene rings is 2. The molecule has 0 atom stereocenters. The van der Waals surface area contributed by atoms with E-state index in [0.717, 1.165) is 11.3 Å². The first-order valence-electron chi connectivity index (χ1n) is 5.92. The zero-order chi connectivity index (χ0) is 13.7. The van der Waals surface area contributed by atoms with Gasteiger partial charge in [-0.15, -0.1) is 0 Å². The predicted molar refractivity (Wildman–Crippen MR) is 77.1 cm³/mol. The summed E-state index contributed by atoms with van der Waals surface area (Å²) in [6, 6.07) is 13.1. The van der Waals surface area contributed by atoms with Crippen LogP contribution in [-0.2, 0) is 0 Å². The highest BCUT2D eigenvalue weighted by Crippen LogP contribution is 2.26. The smallest absolute Gasteiger partial charge is 0.127 e. The average molecular weight is 256 g/mol. The fraction of sp³-hybridized carbons (Fsp3) is 0.133. The molecule has 0 saturated carbocycles. The topological polar surface area (TPSA) is 53.9 Å². The number of methoxy groups -OCH3 is 1. The molecule has 0 aromatic heterocycles. The average Bonchev–Trinajstić information content (AvgIpc) is 2.44. The number of aryl methyl sites for hydroxylation is 1. The lowest BCUT2D eigenvalue weighted by Gasteiger charge is -2.07. The molecule has 0 aliphatic carbocycles. The van der Waals surface area contributed by atoms with Gasteiger partial charge in [0.25, 0.3) is 0 Å². The van der Waals surface area contributed by atoms with E-state index in [1.807, 2.05) is 37.3 Å². The number of rotatable bonds is 4. The number of nitrogens with one attached hydrogen (secondary N) is 1. The highest BCUT2D eigenvalue weighted by atomic mass is 16.5. The Kier molecular flexibility index (Phi) is 4.03. The summed E-state index contributed by atoms with van der Waals surface area (Å²) in [5.74, 6) is 0.899. The van der Waals surface area contributed by atoms with E-state index in [4.69, 9.17) is 4.74 Å². The lowest BCUT2D eigenvalue weighted by molar-refractivity contribution is 0.411. The molecule has 2 rings (SSSR count). The first-order valence-corrected chi connectivity index (χ1v) is 5.92. The second kappa shape index (κ2) is 5.91. The summed E-state index contributed by atoms with van der Waals surface area (Å²) in [6.07, 6.45) is 1.57. The van der Waals surface area contributed by atoms with Gasteiger partial charge in [0.05, 0.1) is 19.0 Å². The highest BCUT2D eigenvalue weighted by molar-refractivity contribution is 5.85. The molecular formula is C15H16N2O2. The Balaban J connectivity index is 2.16. The Morgan fingerprint density at radius 3 is 2.63 bits per heavy atom. The van der Waals surface area contributed by atoms with Crippen LogP contribution in [0.2, 0.25) is 0 Å². The van der Waals surface area contributed by atoms with Crippen molar-refractivity contribution in [3.63, 3.8) is 0 Å². The summed E-state index contributed by atoms with van der Waals surface area (Å²) in [5, 5.41) is 14.0. The number of hydrogen-bond acceptors (Lipinski definition) is 4. The maximum atomic E-state index is 9.94. The summed E-state index contributed by atoms with van der Waals surface area (Å²) in [4.78, 5) is 0. The van der Waals surface area contributed by atoms with Crippen LogP contribution in [0, 0.1) is 6.92 Å². The molecule has 0 aliphatic rings. The molecule has 0 unspecified atom stereocenters. The Morgan fingerprint density at radius 1 is 1.21 bits per heavy atom. The highest BCUT2D eigenvalue weighted by Gasteiger charge is 2.05. The van der Waals surface area contributed by atoms with Crippen LogP contribution >= 0.6 is 0 Å². The van der Waals surface area contributed by atoms with Crippen molar-refractivity contribution in [2.45, 2.75) is 6.92 Å². The number of aromatic hydroxyl groups is 1. The van der Waals surface area contributed by atoms with E-state index in [1.54, 1.807) is 25.5 Å². The molecule has 4 nitrogen and oxygen atoms in total. The van der Waals surface area contributed by atoms with E-state index in [1.165, 1.54) is 0 Å². The quantitative estimate of drug-likeness (QED) is 0.652. The number of anilines is 1. The minimum absolute atomic E-state index is 0.208. The van der Waals surface area contributed by atoms with Crippen LogP contribution in [0.15, 0.2) is 47.6 Å². The van der Waals surface area contributed by atoms with Crippen LogP contribution in [0.4, 0.5) is 5.69 Å². The van der Waals surface area contributed by atoms with E-state index in [2.05, 4.69) is 10.5 Å². The standard InChI is InChI=1S/C15H16N2O2/c1-11-8-14(19-2)9-12(15(11)18)10-16-17-13-6-4-3-5-7-13/h3-10,17-18H,1-2H3. The van der Waals surface area contributed by atoms with Gasteiger partial charge in [-0.1, -0.05) is 18.2 Å². The molecule has 19 heavy (non-hydrogen) atoms. The van der Waals surface area contributed by atoms with Crippen LogP contribution < -0.4 is 10.2 Å². The van der Waals surface area contributed by atoms with Crippen LogP contribution in [0.3, 0.4) is 0 Å². The first kappa shape index (κ1) is 13.0. The Bertz CT molecular complexity index is 580. The molecule has 0 heterocycles. The molecule has 0 saturated heterocycles. The number of phenolic OH excluding ortho intramolecular Hbond substituents is 1. The molecule has 2 aromatic carbocycles. The van der Waals surface area contributed by atoms with Gasteiger partial charge in [0.15, 0.2) is 0 Å². The van der Waals surface area contributed by atoms with E-state index < -0.39 is 0 Å². The van der Waals surface area contributed by atoms with Crippen molar-refractivity contribution >= 4 is 11.9 Å². The van der Waals surface area contributed by atoms with Gasteiger partial charge in [-0.3, -0.25) is 5.43 Å². The summed E-state index contributed by atoms with van der Waals surface area (Å²) >= 11 is 0. The van der Waals surface area contributed by atoms with Crippen molar-refractivity contribution in [3.05, 3.63) is 53.6 Å². The fourth-order valence-corrected chi connectivity index (χ4v) is 1.68. The number of ether oxygens (including phenoxy) is 1. The molecule has 0 fully saturated rings. The molecular weight excluding hydrogens is 240 g/mol. The second-order valence-corrected chi connectivity index (χ2v) is 4.12. The Hall–Kier alpha value is -2.49. The molecule has 0 bridgehead atoms. The number of hydrazone groups is 1. The monoisotopic (exact) mass is 256 g/mol. The third-order valence-electron chi connectivity index (χ3n) is 2.71. The van der Waals surface area contributed by atoms with Gasteiger partial charge >= 0.3 is 0 Å². The zero-order valence-electron chi connectivity index (χ0n) is 10.9. The Morgan fingerprint density at radius 2 is 1.95 bits per heavy atom. The lowest BCUT2D eigenvalue weighted by Crippen LogP contribution is -1.93. The maximum Gasteiger partial charge on any atom is 0.127 e. The number of nitrogens with zero attached hydrogens (tertiary/aromatic N) is 1. The third kappa shape index (κ3) is 3.25. The molecule has 0 spiro atoms. The van der Waals surface area contributed by atoms with Gasteiger partial charge in [0, 0.05) is 5.56 Å². The van der Waals surface area contributed by atoms with Gasteiger partial charge in [0.2, 0.25) is 0 Å². The number of para-hydroxylation sites is 1. The largest absolute Gasteiger partial charge is 0.507 e. The minimum Gasteiger partial charge on any atom is -0.507 e. The molecule has 4 heteroatoms. The molecule has 98 valence electrons. The van der Waals surface area contributed by atoms with Gasteiger partial charge < -0.3 is 9.84 Å². The fourth-order valence-electron chi connectivity index (χ4n) is 1.68. The molecule has 2 N–H and O–H groups in total. The first-order chi connectivity index (χ1) is 9.20. The van der Waals surface area contributed by atoms with Crippen LogP contribution in [0.1, 0.15) is 11.1 Å². The van der Waals surface area contributed by atoms with Crippen LogP contribution in [0.25, 0.3) is 0 Å². The van der Waals surface area contributed by atoms with Crippen LogP contribution in [-0.4, -0.2) is 18.4 Å². The molecule has 0 aliphatic heterocycles. The lowest BCUT2D eigenvalue weighted by atomic mass is 10.1. The normalized spacial score (nSPS) is 10.6. The van der Waals surface area contributed by atoms with Gasteiger partial charge in [-0.2, -0.15) is 5.10 Å². The molecule has 2 aromatic rings. The second-order valence-electron chi connectivity index (χ2n) is 4.12. The van der Waals surface area contributed by atoms with Crippen LogP contribution in [0.5, 0.6) is 11.5 Å². The SMILES string of the molecule is COc1cc(C)c(O)c(C=NNc2ccccc2)c1. The predicted octanol–water partition coefficient (Wildman–Crippen LogP) is 3.16. The maximum absolute atomic E-state index is 9.94. The van der Waals surface area contributed by atoms with Crippen molar-refractivity contribution in [3.8, 4) is 11.5 Å². The minimum atomic E-state index is 0.208. The van der Waals surface area contributed by atoms with Crippen molar-refractivity contribution in [1.82, 2.24) is 0 Å². The van der Waals surface area contributed by atoms with E-state index in [-0.39, 0.29) is 5.75 Å². The summed E-state index contributed by atoms with van der Waals surface area (Å²) in [5.41, 5.74) is 5.14. The molecule has 0 radical (unpaired) electrons. The summed E-state index contributed by atoms with van der Waals surface area (Å²) in [7, 11) is 1.59. The number of phenols is 1. The summed E-state index contributed by atoms with van der Waals surface area (Å²) in [6.45, 7) is 1.82. The van der Waals surface area contributed by atoms with E-state index in [9.17, 15) is 5.11 Å². The van der Waals surface area contributed by atoms with Gasteiger partial charge in [-0.25, -0.2) is 0 Å². The summed E-state index contributed by atoms with van der Waals surface area (Å²) < 4.78 is 5.16.